The largest absolute Gasteiger partial charge is 0.490 e. The maximum atomic E-state index is 13.7. The van der Waals surface area contributed by atoms with Gasteiger partial charge in [0.1, 0.15) is 17.9 Å². The van der Waals surface area contributed by atoms with Crippen LogP contribution in [0, 0.1) is 6.92 Å². The van der Waals surface area contributed by atoms with Gasteiger partial charge in [0, 0.05) is 6.54 Å². The number of benzene rings is 3. The molecule has 0 spiro atoms. The normalized spacial score (nSPS) is 15.0. The number of aryl methyl sites for hydroxylation is 1. The fourth-order valence-corrected chi connectivity index (χ4v) is 4.35. The zero-order chi connectivity index (χ0) is 22.9. The van der Waals surface area contributed by atoms with Crippen molar-refractivity contribution in [3.63, 3.8) is 0 Å². The van der Waals surface area contributed by atoms with Crippen LogP contribution in [0.5, 0.6) is 5.75 Å². The Hall–Kier alpha value is -4.12. The second kappa shape index (κ2) is 8.43. The number of amides is 1. The van der Waals surface area contributed by atoms with Crippen molar-refractivity contribution in [2.75, 3.05) is 6.61 Å². The predicted molar refractivity (Wildman–Crippen MR) is 128 cm³/mol. The molecule has 0 radical (unpaired) electrons. The smallest absolute Gasteiger partial charge is 0.291 e. The predicted octanol–water partition coefficient (Wildman–Crippen LogP) is 5.41. The molecular formula is C28H23NO4. The van der Waals surface area contributed by atoms with Gasteiger partial charge >= 0.3 is 0 Å². The number of fused-ring (bicyclic) bond motifs is 2. The molecule has 1 amide bonds. The van der Waals surface area contributed by atoms with Crippen LogP contribution < -0.4 is 10.2 Å². The molecule has 164 valence electrons. The van der Waals surface area contributed by atoms with Crippen LogP contribution in [0.3, 0.4) is 0 Å². The van der Waals surface area contributed by atoms with Crippen LogP contribution in [-0.4, -0.2) is 17.4 Å². The highest BCUT2D eigenvalue weighted by Crippen LogP contribution is 2.40. The third-order valence-corrected chi connectivity index (χ3v) is 5.86. The molecule has 5 rings (SSSR count). The summed E-state index contributed by atoms with van der Waals surface area (Å²) >= 11 is 0. The monoisotopic (exact) mass is 437 g/mol. The van der Waals surface area contributed by atoms with Crippen molar-refractivity contribution in [3.05, 3.63) is 124 Å². The number of hydrogen-bond donors (Lipinski definition) is 0. The lowest BCUT2D eigenvalue weighted by atomic mass is 9.97. The molecule has 1 aromatic heterocycles. The van der Waals surface area contributed by atoms with Crippen molar-refractivity contribution in [2.45, 2.75) is 19.5 Å². The van der Waals surface area contributed by atoms with E-state index in [0.29, 0.717) is 35.4 Å². The van der Waals surface area contributed by atoms with E-state index < -0.39 is 6.04 Å². The molecule has 33 heavy (non-hydrogen) atoms. The van der Waals surface area contributed by atoms with Crippen molar-refractivity contribution in [3.8, 4) is 5.75 Å². The SMILES string of the molecule is C=CCOc1cccc(C2c3c(oc4ccc(C)cc4c3=O)C(=O)N2Cc2ccccc2)c1. The molecule has 0 saturated heterocycles. The van der Waals surface area contributed by atoms with Crippen LogP contribution in [0.1, 0.15) is 38.9 Å². The molecule has 0 bridgehead atoms. The molecule has 5 heteroatoms. The summed E-state index contributed by atoms with van der Waals surface area (Å²) in [6.07, 6.45) is 1.67. The number of hydrogen-bond acceptors (Lipinski definition) is 4. The third-order valence-electron chi connectivity index (χ3n) is 5.86. The minimum atomic E-state index is -0.582. The first-order valence-corrected chi connectivity index (χ1v) is 10.8. The zero-order valence-electron chi connectivity index (χ0n) is 18.3. The molecule has 0 saturated carbocycles. The molecule has 1 aliphatic rings. The van der Waals surface area contributed by atoms with Gasteiger partial charge in [0.15, 0.2) is 5.43 Å². The van der Waals surface area contributed by atoms with Crippen LogP contribution in [0.4, 0.5) is 0 Å². The van der Waals surface area contributed by atoms with Crippen molar-refractivity contribution >= 4 is 16.9 Å². The van der Waals surface area contributed by atoms with Crippen molar-refractivity contribution in [1.82, 2.24) is 4.90 Å². The lowest BCUT2D eigenvalue weighted by Crippen LogP contribution is -2.29. The summed E-state index contributed by atoms with van der Waals surface area (Å²) in [5.41, 5.74) is 3.32. The van der Waals surface area contributed by atoms with Crippen molar-refractivity contribution in [2.24, 2.45) is 0 Å². The highest BCUT2D eigenvalue weighted by atomic mass is 16.5. The van der Waals surface area contributed by atoms with E-state index in [-0.39, 0.29) is 17.1 Å². The van der Waals surface area contributed by atoms with E-state index in [1.807, 2.05) is 73.7 Å². The summed E-state index contributed by atoms with van der Waals surface area (Å²) in [6, 6.07) is 22.1. The molecule has 0 aliphatic carbocycles. The van der Waals surface area contributed by atoms with Gasteiger partial charge < -0.3 is 14.1 Å². The third kappa shape index (κ3) is 3.72. The second-order valence-electron chi connectivity index (χ2n) is 8.17. The summed E-state index contributed by atoms with van der Waals surface area (Å²) in [4.78, 5) is 28.9. The van der Waals surface area contributed by atoms with Crippen LogP contribution in [0.25, 0.3) is 11.0 Å². The van der Waals surface area contributed by atoms with Crippen LogP contribution >= 0.6 is 0 Å². The number of rotatable bonds is 6. The number of carbonyl (C=O) groups excluding carboxylic acids is 1. The van der Waals surface area contributed by atoms with E-state index in [4.69, 9.17) is 9.15 Å². The summed E-state index contributed by atoms with van der Waals surface area (Å²) < 4.78 is 11.7. The summed E-state index contributed by atoms with van der Waals surface area (Å²) in [6.45, 7) is 6.33. The van der Waals surface area contributed by atoms with Gasteiger partial charge in [0.25, 0.3) is 5.91 Å². The Morgan fingerprint density at radius 2 is 1.85 bits per heavy atom. The van der Waals surface area contributed by atoms with E-state index in [0.717, 1.165) is 16.7 Å². The first kappa shape index (κ1) is 20.8. The Kier molecular flexibility index (Phi) is 5.31. The summed E-state index contributed by atoms with van der Waals surface area (Å²) in [5, 5.41) is 0.479. The topological polar surface area (TPSA) is 59.8 Å². The van der Waals surface area contributed by atoms with Gasteiger partial charge in [0.05, 0.1) is 17.0 Å². The van der Waals surface area contributed by atoms with Gasteiger partial charge in [-0.15, -0.1) is 0 Å². The molecule has 2 heterocycles. The van der Waals surface area contributed by atoms with Crippen molar-refractivity contribution < 1.29 is 13.9 Å². The number of ether oxygens (including phenoxy) is 1. The van der Waals surface area contributed by atoms with Crippen LogP contribution in [-0.2, 0) is 6.54 Å². The molecular weight excluding hydrogens is 414 g/mol. The molecule has 0 N–H and O–H groups in total. The van der Waals surface area contributed by atoms with Crippen LogP contribution in [0.2, 0.25) is 0 Å². The quantitative estimate of drug-likeness (QED) is 0.378. The van der Waals surface area contributed by atoms with Gasteiger partial charge in [-0.1, -0.05) is 66.7 Å². The number of carbonyl (C=O) groups is 1. The molecule has 1 atom stereocenters. The zero-order valence-corrected chi connectivity index (χ0v) is 18.3. The van der Waals surface area contributed by atoms with Gasteiger partial charge in [-0.05, 0) is 42.3 Å². The Bertz CT molecular complexity index is 1420. The summed E-state index contributed by atoms with van der Waals surface area (Å²) in [5.74, 6) is 0.458. The average molecular weight is 437 g/mol. The van der Waals surface area contributed by atoms with E-state index in [2.05, 4.69) is 6.58 Å². The Balaban J connectivity index is 1.70. The highest BCUT2D eigenvalue weighted by Gasteiger charge is 2.42. The standard InChI is InChI=1S/C28H23NO4/c1-3-14-32-21-11-7-10-20(16-21)25-24-26(30)22-15-18(2)12-13-23(22)33-27(24)28(31)29(25)17-19-8-5-4-6-9-19/h3-13,15-16,25H,1,14,17H2,2H3. The molecule has 5 nitrogen and oxygen atoms in total. The fraction of sp³-hybridized carbons (Fsp3) is 0.143. The molecule has 1 unspecified atom stereocenters. The first-order valence-electron chi connectivity index (χ1n) is 10.8. The van der Waals surface area contributed by atoms with E-state index in [9.17, 15) is 9.59 Å². The molecule has 0 fully saturated rings. The Labute approximate surface area is 191 Å². The molecule has 3 aromatic carbocycles. The minimum Gasteiger partial charge on any atom is -0.490 e. The fourth-order valence-electron chi connectivity index (χ4n) is 4.35. The molecule has 4 aromatic rings. The average Bonchev–Trinajstić information content (AvgIpc) is 3.11. The maximum Gasteiger partial charge on any atom is 0.291 e. The maximum absolute atomic E-state index is 13.7. The van der Waals surface area contributed by atoms with Crippen molar-refractivity contribution in [1.29, 1.82) is 0 Å². The second-order valence-corrected chi connectivity index (χ2v) is 8.17. The lowest BCUT2D eigenvalue weighted by molar-refractivity contribution is 0.0714. The van der Waals surface area contributed by atoms with Gasteiger partial charge in [0.2, 0.25) is 5.76 Å². The minimum absolute atomic E-state index is 0.106. The van der Waals surface area contributed by atoms with E-state index in [1.54, 1.807) is 17.0 Å². The van der Waals surface area contributed by atoms with Gasteiger partial charge in [-0.25, -0.2) is 0 Å². The van der Waals surface area contributed by atoms with Crippen LogP contribution in [0.15, 0.2) is 94.7 Å². The van der Waals surface area contributed by atoms with E-state index >= 15 is 0 Å². The van der Waals surface area contributed by atoms with Gasteiger partial charge in [-0.3, -0.25) is 9.59 Å². The first-order chi connectivity index (χ1) is 16.1. The lowest BCUT2D eigenvalue weighted by Gasteiger charge is -2.25. The highest BCUT2D eigenvalue weighted by molar-refractivity contribution is 5.99. The van der Waals surface area contributed by atoms with E-state index in [1.165, 1.54) is 0 Å². The Morgan fingerprint density at radius 1 is 1.03 bits per heavy atom. The summed E-state index contributed by atoms with van der Waals surface area (Å²) in [7, 11) is 0. The molecule has 1 aliphatic heterocycles. The Morgan fingerprint density at radius 3 is 2.64 bits per heavy atom. The van der Waals surface area contributed by atoms with Gasteiger partial charge in [-0.2, -0.15) is 0 Å². The number of nitrogens with zero attached hydrogens (tertiary/aromatic N) is 1.